The van der Waals surface area contributed by atoms with Crippen molar-refractivity contribution in [3.63, 3.8) is 0 Å². The SMILES string of the molecule is CCCOc1ccc(C=NNc2cccc(C(F)(F)F)c2)cc1[N+](=O)[O-]. The number of rotatable bonds is 7. The highest BCUT2D eigenvalue weighted by Crippen LogP contribution is 2.31. The van der Waals surface area contributed by atoms with Crippen molar-refractivity contribution in [3.8, 4) is 5.75 Å². The van der Waals surface area contributed by atoms with Gasteiger partial charge in [0.2, 0.25) is 0 Å². The molecule has 0 unspecified atom stereocenters. The second-order valence-electron chi connectivity index (χ2n) is 5.28. The summed E-state index contributed by atoms with van der Waals surface area (Å²) in [5.41, 5.74) is 2.01. The standard InChI is InChI=1S/C17H16F3N3O3/c1-2-8-26-16-7-6-12(9-15(16)23(24)25)11-21-22-14-5-3-4-13(10-14)17(18,19)20/h3-7,9-11,22H,2,8H2,1H3. The van der Waals surface area contributed by atoms with Gasteiger partial charge in [0.05, 0.1) is 29.0 Å². The zero-order chi connectivity index (χ0) is 19.2. The summed E-state index contributed by atoms with van der Waals surface area (Å²) in [6.07, 6.45) is -2.46. The van der Waals surface area contributed by atoms with E-state index in [2.05, 4.69) is 10.5 Å². The maximum Gasteiger partial charge on any atom is 0.416 e. The van der Waals surface area contributed by atoms with Gasteiger partial charge in [-0.3, -0.25) is 15.5 Å². The van der Waals surface area contributed by atoms with E-state index in [4.69, 9.17) is 4.74 Å². The van der Waals surface area contributed by atoms with Crippen LogP contribution in [0.15, 0.2) is 47.6 Å². The number of hydrazone groups is 1. The third-order valence-electron chi connectivity index (χ3n) is 3.24. The van der Waals surface area contributed by atoms with Crippen LogP contribution in [0.25, 0.3) is 0 Å². The topological polar surface area (TPSA) is 76.8 Å². The van der Waals surface area contributed by atoms with Crippen molar-refractivity contribution in [3.05, 3.63) is 63.7 Å². The van der Waals surface area contributed by atoms with Crippen LogP contribution in [0.1, 0.15) is 24.5 Å². The van der Waals surface area contributed by atoms with Gasteiger partial charge in [-0.2, -0.15) is 18.3 Å². The number of anilines is 1. The number of nitro groups is 1. The molecule has 0 spiro atoms. The maximum atomic E-state index is 12.7. The molecule has 1 N–H and O–H groups in total. The second-order valence-corrected chi connectivity index (χ2v) is 5.28. The summed E-state index contributed by atoms with van der Waals surface area (Å²) in [7, 11) is 0. The molecule has 0 aromatic heterocycles. The number of hydrogen-bond acceptors (Lipinski definition) is 5. The van der Waals surface area contributed by atoms with Crippen LogP contribution in [-0.2, 0) is 6.18 Å². The smallest absolute Gasteiger partial charge is 0.416 e. The number of alkyl halides is 3. The Morgan fingerprint density at radius 3 is 2.69 bits per heavy atom. The van der Waals surface area contributed by atoms with Gasteiger partial charge in [0.25, 0.3) is 0 Å². The van der Waals surface area contributed by atoms with E-state index in [0.29, 0.717) is 18.6 Å². The van der Waals surface area contributed by atoms with Gasteiger partial charge in [0.15, 0.2) is 5.75 Å². The van der Waals surface area contributed by atoms with Gasteiger partial charge in [0, 0.05) is 11.6 Å². The van der Waals surface area contributed by atoms with E-state index in [0.717, 1.165) is 12.1 Å². The zero-order valence-electron chi connectivity index (χ0n) is 13.8. The quantitative estimate of drug-likeness (QED) is 0.431. The number of hydrogen-bond donors (Lipinski definition) is 1. The van der Waals surface area contributed by atoms with Gasteiger partial charge in [0.1, 0.15) is 0 Å². The Hall–Kier alpha value is -3.10. The average molecular weight is 367 g/mol. The Morgan fingerprint density at radius 1 is 1.27 bits per heavy atom. The van der Waals surface area contributed by atoms with Crippen LogP contribution in [0.3, 0.4) is 0 Å². The molecule has 6 nitrogen and oxygen atoms in total. The van der Waals surface area contributed by atoms with E-state index < -0.39 is 16.7 Å². The van der Waals surface area contributed by atoms with Crippen molar-refractivity contribution < 1.29 is 22.8 Å². The highest BCUT2D eigenvalue weighted by Gasteiger charge is 2.30. The number of benzene rings is 2. The van der Waals surface area contributed by atoms with Crippen molar-refractivity contribution >= 4 is 17.6 Å². The first-order valence-corrected chi connectivity index (χ1v) is 7.69. The largest absolute Gasteiger partial charge is 0.487 e. The van der Waals surface area contributed by atoms with Gasteiger partial charge in [-0.05, 0) is 36.8 Å². The fourth-order valence-electron chi connectivity index (χ4n) is 2.04. The molecule has 0 aliphatic heterocycles. The third kappa shape index (κ3) is 5.20. The van der Waals surface area contributed by atoms with E-state index in [1.807, 2.05) is 6.92 Å². The summed E-state index contributed by atoms with van der Waals surface area (Å²) in [6, 6.07) is 8.86. The molecule has 2 rings (SSSR count). The highest BCUT2D eigenvalue weighted by molar-refractivity contribution is 5.82. The Balaban J connectivity index is 2.13. The fourth-order valence-corrected chi connectivity index (χ4v) is 2.04. The Kier molecular flexibility index (Phi) is 6.16. The Morgan fingerprint density at radius 2 is 2.04 bits per heavy atom. The van der Waals surface area contributed by atoms with E-state index in [1.54, 1.807) is 6.07 Å². The first-order valence-electron chi connectivity index (χ1n) is 7.69. The Labute approximate surface area is 147 Å². The molecule has 2 aromatic carbocycles. The molecule has 9 heteroatoms. The summed E-state index contributed by atoms with van der Waals surface area (Å²) in [5, 5.41) is 14.9. The molecule has 0 saturated carbocycles. The normalized spacial score (nSPS) is 11.5. The molecule has 0 radical (unpaired) electrons. The molecule has 26 heavy (non-hydrogen) atoms. The van der Waals surface area contributed by atoms with E-state index in [1.165, 1.54) is 30.5 Å². The molecule has 0 amide bonds. The maximum absolute atomic E-state index is 12.7. The average Bonchev–Trinajstić information content (AvgIpc) is 2.60. The van der Waals surface area contributed by atoms with Crippen LogP contribution in [0.5, 0.6) is 5.75 Å². The van der Waals surface area contributed by atoms with Crippen LogP contribution in [0, 0.1) is 10.1 Å². The summed E-state index contributed by atoms with van der Waals surface area (Å²) < 4.78 is 43.3. The first kappa shape index (κ1) is 19.2. The first-order chi connectivity index (χ1) is 12.3. The van der Waals surface area contributed by atoms with Crippen molar-refractivity contribution in [1.29, 1.82) is 0 Å². The monoisotopic (exact) mass is 367 g/mol. The summed E-state index contributed by atoms with van der Waals surface area (Å²) in [5.74, 6) is 0.153. The predicted octanol–water partition coefficient (Wildman–Crippen LogP) is 4.85. The molecule has 0 saturated heterocycles. The minimum atomic E-state index is -4.45. The highest BCUT2D eigenvalue weighted by atomic mass is 19.4. The second kappa shape index (κ2) is 8.32. The molecule has 0 heterocycles. The van der Waals surface area contributed by atoms with Crippen molar-refractivity contribution in [2.45, 2.75) is 19.5 Å². The van der Waals surface area contributed by atoms with Gasteiger partial charge in [-0.15, -0.1) is 0 Å². The molecular formula is C17H16F3N3O3. The van der Waals surface area contributed by atoms with Crippen LogP contribution < -0.4 is 10.2 Å². The fraction of sp³-hybridized carbons (Fsp3) is 0.235. The van der Waals surface area contributed by atoms with Gasteiger partial charge in [-0.25, -0.2) is 0 Å². The number of nitrogens with zero attached hydrogens (tertiary/aromatic N) is 2. The predicted molar refractivity (Wildman–Crippen MR) is 91.5 cm³/mol. The van der Waals surface area contributed by atoms with E-state index in [-0.39, 0.29) is 17.1 Å². The van der Waals surface area contributed by atoms with Crippen molar-refractivity contribution in [1.82, 2.24) is 0 Å². The lowest BCUT2D eigenvalue weighted by Gasteiger charge is -2.08. The number of nitrogens with one attached hydrogen (secondary N) is 1. The molecule has 138 valence electrons. The molecule has 0 atom stereocenters. The van der Waals surface area contributed by atoms with Gasteiger partial charge < -0.3 is 4.74 Å². The lowest BCUT2D eigenvalue weighted by Crippen LogP contribution is -2.05. The number of ether oxygens (including phenoxy) is 1. The number of nitro benzene ring substituents is 1. The molecule has 2 aromatic rings. The third-order valence-corrected chi connectivity index (χ3v) is 3.24. The molecule has 0 bridgehead atoms. The Bertz CT molecular complexity index is 807. The summed E-state index contributed by atoms with van der Waals surface area (Å²) in [4.78, 5) is 10.6. The minimum absolute atomic E-state index is 0.147. The van der Waals surface area contributed by atoms with Crippen molar-refractivity contribution in [2.75, 3.05) is 12.0 Å². The lowest BCUT2D eigenvalue weighted by atomic mass is 10.2. The summed E-state index contributed by atoms with van der Waals surface area (Å²) >= 11 is 0. The van der Waals surface area contributed by atoms with Crippen LogP contribution in [0.2, 0.25) is 0 Å². The van der Waals surface area contributed by atoms with Gasteiger partial charge in [-0.1, -0.05) is 13.0 Å². The number of halogens is 3. The minimum Gasteiger partial charge on any atom is -0.487 e. The van der Waals surface area contributed by atoms with Crippen LogP contribution in [0.4, 0.5) is 24.5 Å². The van der Waals surface area contributed by atoms with Crippen molar-refractivity contribution in [2.24, 2.45) is 5.10 Å². The van der Waals surface area contributed by atoms with E-state index >= 15 is 0 Å². The molecule has 0 aliphatic rings. The molecular weight excluding hydrogens is 351 g/mol. The van der Waals surface area contributed by atoms with Gasteiger partial charge >= 0.3 is 11.9 Å². The van der Waals surface area contributed by atoms with Crippen LogP contribution >= 0.6 is 0 Å². The van der Waals surface area contributed by atoms with Crippen LogP contribution in [-0.4, -0.2) is 17.7 Å². The molecule has 0 fully saturated rings. The molecule has 0 aliphatic carbocycles. The zero-order valence-corrected chi connectivity index (χ0v) is 13.8. The summed E-state index contributed by atoms with van der Waals surface area (Å²) in [6.45, 7) is 2.23. The van der Waals surface area contributed by atoms with E-state index in [9.17, 15) is 23.3 Å². The lowest BCUT2D eigenvalue weighted by molar-refractivity contribution is -0.385.